The third kappa shape index (κ3) is 3.86. The smallest absolute Gasteiger partial charge is 0.408 e. The van der Waals surface area contributed by atoms with E-state index in [1.54, 1.807) is 25.1 Å². The number of aryl methyl sites for hydroxylation is 1. The number of halogens is 3. The van der Waals surface area contributed by atoms with E-state index in [9.17, 15) is 18.3 Å². The number of fused-ring (bicyclic) bond motifs is 1. The molecule has 0 atom stereocenters. The van der Waals surface area contributed by atoms with Crippen molar-refractivity contribution in [2.75, 3.05) is 14.2 Å². The minimum atomic E-state index is -4.40. The highest BCUT2D eigenvalue weighted by Gasteiger charge is 2.28. The first-order valence-corrected chi connectivity index (χ1v) is 9.11. The number of nitrogens with zero attached hydrogens (tertiary/aromatic N) is 5. The molecule has 0 spiro atoms. The zero-order valence-electron chi connectivity index (χ0n) is 16.8. The number of ether oxygens (including phenoxy) is 2. The number of aromatic nitrogens is 5. The second kappa shape index (κ2) is 7.49. The van der Waals surface area contributed by atoms with Crippen molar-refractivity contribution in [1.82, 2.24) is 24.3 Å². The Kier molecular flexibility index (Phi) is 4.96. The molecule has 0 unspecified atom stereocenters. The fraction of sp³-hybridized carbons (Fsp3) is 0.250. The van der Waals surface area contributed by atoms with E-state index in [0.717, 1.165) is 10.2 Å². The molecule has 31 heavy (non-hydrogen) atoms. The Morgan fingerprint density at radius 3 is 2.52 bits per heavy atom. The molecule has 1 N–H and O–H groups in total. The van der Waals surface area contributed by atoms with Crippen LogP contribution >= 0.6 is 0 Å². The minimum Gasteiger partial charge on any atom is -0.494 e. The summed E-state index contributed by atoms with van der Waals surface area (Å²) in [6.07, 6.45) is -0.405. The Morgan fingerprint density at radius 2 is 1.84 bits per heavy atom. The normalized spacial score (nSPS) is 11.8. The van der Waals surface area contributed by atoms with E-state index in [4.69, 9.17) is 9.47 Å². The van der Waals surface area contributed by atoms with Crippen molar-refractivity contribution in [3.8, 4) is 34.6 Å². The summed E-state index contributed by atoms with van der Waals surface area (Å²) in [6, 6.07) is 5.20. The molecule has 0 aliphatic carbocycles. The number of hydrogen-bond donors (Lipinski definition) is 1. The highest BCUT2D eigenvalue weighted by atomic mass is 19.4. The van der Waals surface area contributed by atoms with Crippen LogP contribution in [-0.2, 0) is 6.54 Å². The summed E-state index contributed by atoms with van der Waals surface area (Å²) in [5, 5.41) is 14.9. The average molecular weight is 433 g/mol. The summed E-state index contributed by atoms with van der Waals surface area (Å²) in [4.78, 5) is 8.97. The van der Waals surface area contributed by atoms with Crippen LogP contribution in [0.4, 0.5) is 13.2 Å². The molecule has 0 aliphatic rings. The van der Waals surface area contributed by atoms with Gasteiger partial charge in [0.15, 0.2) is 5.75 Å². The lowest BCUT2D eigenvalue weighted by molar-refractivity contribution is -0.142. The molecule has 162 valence electrons. The van der Waals surface area contributed by atoms with Gasteiger partial charge in [-0.05, 0) is 30.7 Å². The molecule has 0 fully saturated rings. The van der Waals surface area contributed by atoms with Gasteiger partial charge in [-0.3, -0.25) is 9.25 Å². The SMILES string of the molecule is COc1ccc(-c2cc(C)c3c(O)n(-c4cnn(CC(F)(F)F)c4)cc3n2)nc1OC. The van der Waals surface area contributed by atoms with Gasteiger partial charge in [0.2, 0.25) is 5.88 Å². The summed E-state index contributed by atoms with van der Waals surface area (Å²) in [7, 11) is 2.99. The number of methoxy groups -OCH3 is 2. The Labute approximate surface area is 174 Å². The van der Waals surface area contributed by atoms with Gasteiger partial charge in [0.1, 0.15) is 6.54 Å². The van der Waals surface area contributed by atoms with Crippen molar-refractivity contribution < 1.29 is 27.8 Å². The molecule has 8 nitrogen and oxygen atoms in total. The first-order valence-electron chi connectivity index (χ1n) is 9.11. The Hall–Kier alpha value is -3.76. The van der Waals surface area contributed by atoms with Crippen LogP contribution in [0.25, 0.3) is 28.0 Å². The molecular weight excluding hydrogens is 415 g/mol. The van der Waals surface area contributed by atoms with E-state index in [-0.39, 0.29) is 11.6 Å². The molecule has 0 saturated carbocycles. The van der Waals surface area contributed by atoms with E-state index in [1.165, 1.54) is 37.4 Å². The van der Waals surface area contributed by atoms with Crippen LogP contribution in [0.5, 0.6) is 17.5 Å². The van der Waals surface area contributed by atoms with Crippen LogP contribution in [0.1, 0.15) is 5.56 Å². The van der Waals surface area contributed by atoms with Gasteiger partial charge in [0.25, 0.3) is 5.88 Å². The highest BCUT2D eigenvalue weighted by Crippen LogP contribution is 2.35. The van der Waals surface area contributed by atoms with Crippen LogP contribution in [0.2, 0.25) is 0 Å². The molecule has 4 aromatic heterocycles. The predicted molar refractivity (Wildman–Crippen MR) is 106 cm³/mol. The topological polar surface area (TPSA) is 87.2 Å². The summed E-state index contributed by atoms with van der Waals surface area (Å²) in [5.74, 6) is 0.638. The van der Waals surface area contributed by atoms with E-state index < -0.39 is 12.7 Å². The molecule has 4 aromatic rings. The lowest BCUT2D eigenvalue weighted by Crippen LogP contribution is -2.17. The number of aromatic hydroxyl groups is 1. The highest BCUT2D eigenvalue weighted by molar-refractivity contribution is 5.90. The second-order valence-electron chi connectivity index (χ2n) is 6.83. The van der Waals surface area contributed by atoms with E-state index in [0.29, 0.717) is 33.9 Å². The number of hydrogen-bond acceptors (Lipinski definition) is 6. The zero-order valence-corrected chi connectivity index (χ0v) is 16.8. The molecule has 4 heterocycles. The molecule has 0 aromatic carbocycles. The monoisotopic (exact) mass is 433 g/mol. The number of pyridine rings is 2. The maximum Gasteiger partial charge on any atom is 0.408 e. The first-order chi connectivity index (χ1) is 14.7. The maximum atomic E-state index is 12.6. The Bertz CT molecular complexity index is 1260. The average Bonchev–Trinajstić information content (AvgIpc) is 3.30. The molecule has 11 heteroatoms. The first kappa shape index (κ1) is 20.5. The molecular formula is C20H18F3N5O3. The molecule has 0 amide bonds. The fourth-order valence-electron chi connectivity index (χ4n) is 3.33. The van der Waals surface area contributed by atoms with Crippen molar-refractivity contribution in [2.24, 2.45) is 0 Å². The summed E-state index contributed by atoms with van der Waals surface area (Å²) in [6.45, 7) is 0.576. The van der Waals surface area contributed by atoms with Crippen LogP contribution in [-0.4, -0.2) is 49.8 Å². The van der Waals surface area contributed by atoms with Crippen molar-refractivity contribution in [2.45, 2.75) is 19.6 Å². The van der Waals surface area contributed by atoms with Crippen LogP contribution < -0.4 is 9.47 Å². The summed E-state index contributed by atoms with van der Waals surface area (Å²) >= 11 is 0. The van der Waals surface area contributed by atoms with Gasteiger partial charge in [0, 0.05) is 12.4 Å². The standard InChI is InChI=1S/C20H18F3N5O3/c1-11-6-14(13-4-5-16(30-2)18(26-13)31-3)25-15-9-28(19(29)17(11)15)12-7-24-27(8-12)10-20(21,22)23/h4-9,29H,10H2,1-3H3. The van der Waals surface area contributed by atoms with Gasteiger partial charge in [-0.1, -0.05) is 0 Å². The van der Waals surface area contributed by atoms with E-state index in [1.807, 2.05) is 0 Å². The van der Waals surface area contributed by atoms with E-state index >= 15 is 0 Å². The fourth-order valence-corrected chi connectivity index (χ4v) is 3.33. The molecule has 0 saturated heterocycles. The molecule has 0 aliphatic heterocycles. The largest absolute Gasteiger partial charge is 0.494 e. The van der Waals surface area contributed by atoms with Crippen LogP contribution in [0, 0.1) is 6.92 Å². The predicted octanol–water partition coefficient (Wildman–Crippen LogP) is 3.88. The third-order valence-electron chi connectivity index (χ3n) is 4.69. The van der Waals surface area contributed by atoms with Crippen molar-refractivity contribution >= 4 is 10.9 Å². The van der Waals surface area contributed by atoms with Crippen molar-refractivity contribution in [1.29, 1.82) is 0 Å². The molecule has 4 rings (SSSR count). The number of alkyl halides is 3. The van der Waals surface area contributed by atoms with Crippen LogP contribution in [0.3, 0.4) is 0 Å². The summed E-state index contributed by atoms with van der Waals surface area (Å²) in [5.41, 5.74) is 2.52. The summed E-state index contributed by atoms with van der Waals surface area (Å²) < 4.78 is 50.4. The second-order valence-corrected chi connectivity index (χ2v) is 6.83. The van der Waals surface area contributed by atoms with Crippen molar-refractivity contribution in [3.05, 3.63) is 42.4 Å². The Morgan fingerprint density at radius 1 is 1.06 bits per heavy atom. The number of rotatable bonds is 5. The van der Waals surface area contributed by atoms with Gasteiger partial charge < -0.3 is 14.6 Å². The van der Waals surface area contributed by atoms with Gasteiger partial charge in [-0.15, -0.1) is 0 Å². The minimum absolute atomic E-state index is 0.140. The third-order valence-corrected chi connectivity index (χ3v) is 4.69. The zero-order chi connectivity index (χ0) is 22.3. The van der Waals surface area contributed by atoms with Crippen LogP contribution in [0.15, 0.2) is 36.8 Å². The van der Waals surface area contributed by atoms with Crippen molar-refractivity contribution in [3.63, 3.8) is 0 Å². The van der Waals surface area contributed by atoms with Gasteiger partial charge >= 0.3 is 6.18 Å². The molecule has 0 radical (unpaired) electrons. The molecule has 0 bridgehead atoms. The van der Waals surface area contributed by atoms with Gasteiger partial charge in [0.05, 0.1) is 48.4 Å². The van der Waals surface area contributed by atoms with Gasteiger partial charge in [-0.2, -0.15) is 18.3 Å². The van der Waals surface area contributed by atoms with Gasteiger partial charge in [-0.25, -0.2) is 9.97 Å². The van der Waals surface area contributed by atoms with E-state index in [2.05, 4.69) is 15.1 Å². The quantitative estimate of drug-likeness (QED) is 0.514. The maximum absolute atomic E-state index is 12.6. The lowest BCUT2D eigenvalue weighted by atomic mass is 10.1. The lowest BCUT2D eigenvalue weighted by Gasteiger charge is -2.09. The Balaban J connectivity index is 1.77.